The number of hydrogen-bond donors (Lipinski definition) is 1. The second-order valence-electron chi connectivity index (χ2n) is 4.50. The topological polar surface area (TPSA) is 51.0 Å². The maximum Gasteiger partial charge on any atom is 0.231 e. The number of benzene rings is 1. The predicted octanol–water partition coefficient (Wildman–Crippen LogP) is 2.85. The van der Waals surface area contributed by atoms with Gasteiger partial charge in [-0.2, -0.15) is 4.98 Å². The molecule has 0 aliphatic carbocycles. The van der Waals surface area contributed by atoms with Gasteiger partial charge in [-0.15, -0.1) is 0 Å². The molecular formula is C13H14BrN3O. The van der Waals surface area contributed by atoms with Gasteiger partial charge in [0, 0.05) is 4.47 Å². The van der Waals surface area contributed by atoms with Crippen LogP contribution in [-0.2, 0) is 6.42 Å². The largest absolute Gasteiger partial charge is 0.339 e. The summed E-state index contributed by atoms with van der Waals surface area (Å²) in [5, 5.41) is 7.42. The van der Waals surface area contributed by atoms with Crippen LogP contribution in [0.4, 0.5) is 0 Å². The van der Waals surface area contributed by atoms with Crippen LogP contribution in [0, 0.1) is 0 Å². The highest BCUT2D eigenvalue weighted by molar-refractivity contribution is 9.10. The van der Waals surface area contributed by atoms with Gasteiger partial charge in [-0.1, -0.05) is 33.2 Å². The summed E-state index contributed by atoms with van der Waals surface area (Å²) in [5.74, 6) is 1.47. The Kier molecular flexibility index (Phi) is 3.43. The van der Waals surface area contributed by atoms with E-state index in [1.165, 1.54) is 12.0 Å². The highest BCUT2D eigenvalue weighted by Gasteiger charge is 2.21. The molecule has 1 fully saturated rings. The van der Waals surface area contributed by atoms with E-state index >= 15 is 0 Å². The average molecular weight is 308 g/mol. The summed E-state index contributed by atoms with van der Waals surface area (Å²) in [5.41, 5.74) is 1.17. The lowest BCUT2D eigenvalue weighted by atomic mass is 10.1. The van der Waals surface area contributed by atoms with Crippen LogP contribution in [-0.4, -0.2) is 16.7 Å². The smallest absolute Gasteiger partial charge is 0.231 e. The minimum absolute atomic E-state index is 0.269. The minimum atomic E-state index is 0.269. The molecule has 2 aromatic rings. The van der Waals surface area contributed by atoms with E-state index in [9.17, 15) is 0 Å². The Labute approximate surface area is 114 Å². The third-order valence-corrected chi connectivity index (χ3v) is 3.59. The van der Waals surface area contributed by atoms with Crippen molar-refractivity contribution in [2.24, 2.45) is 0 Å². The molecular weight excluding hydrogens is 294 g/mol. The molecule has 1 aromatic heterocycles. The lowest BCUT2D eigenvalue weighted by Crippen LogP contribution is -2.14. The van der Waals surface area contributed by atoms with Crippen LogP contribution < -0.4 is 5.32 Å². The van der Waals surface area contributed by atoms with Crippen LogP contribution in [0.25, 0.3) is 0 Å². The Hall–Kier alpha value is -1.20. The first-order valence-electron chi connectivity index (χ1n) is 6.11. The van der Waals surface area contributed by atoms with E-state index in [0.29, 0.717) is 12.3 Å². The van der Waals surface area contributed by atoms with Gasteiger partial charge in [-0.3, -0.25) is 0 Å². The molecule has 94 valence electrons. The maximum absolute atomic E-state index is 5.30. The van der Waals surface area contributed by atoms with E-state index in [0.717, 1.165) is 23.3 Å². The summed E-state index contributed by atoms with van der Waals surface area (Å²) < 4.78 is 6.37. The zero-order chi connectivity index (χ0) is 12.4. The van der Waals surface area contributed by atoms with Gasteiger partial charge < -0.3 is 9.84 Å². The van der Waals surface area contributed by atoms with Crippen LogP contribution in [0.3, 0.4) is 0 Å². The van der Waals surface area contributed by atoms with Crippen molar-refractivity contribution in [2.45, 2.75) is 25.3 Å². The summed E-state index contributed by atoms with van der Waals surface area (Å²) in [4.78, 5) is 4.46. The number of aromatic nitrogens is 2. The highest BCUT2D eigenvalue weighted by atomic mass is 79.9. The standard InChI is InChI=1S/C13H14BrN3O/c14-10-4-1-3-9(7-10)8-12-16-13(17-18-12)11-5-2-6-15-11/h1,3-4,7,11,15H,2,5-6,8H2. The van der Waals surface area contributed by atoms with Crippen molar-refractivity contribution in [3.05, 3.63) is 46.0 Å². The number of nitrogens with one attached hydrogen (secondary N) is 1. The molecule has 0 amide bonds. The van der Waals surface area contributed by atoms with Gasteiger partial charge in [0.05, 0.1) is 12.5 Å². The van der Waals surface area contributed by atoms with Gasteiger partial charge >= 0.3 is 0 Å². The van der Waals surface area contributed by atoms with E-state index in [1.54, 1.807) is 0 Å². The molecule has 0 bridgehead atoms. The predicted molar refractivity (Wildman–Crippen MR) is 71.2 cm³/mol. The normalized spacial score (nSPS) is 19.3. The van der Waals surface area contributed by atoms with Crippen LogP contribution in [0.1, 0.15) is 36.2 Å². The van der Waals surface area contributed by atoms with Crippen molar-refractivity contribution in [1.82, 2.24) is 15.5 Å². The maximum atomic E-state index is 5.30. The highest BCUT2D eigenvalue weighted by Crippen LogP contribution is 2.21. The summed E-state index contributed by atoms with van der Waals surface area (Å²) in [6, 6.07) is 8.41. The zero-order valence-corrected chi connectivity index (χ0v) is 11.5. The molecule has 1 N–H and O–H groups in total. The molecule has 3 rings (SSSR count). The van der Waals surface area contributed by atoms with Gasteiger partial charge in [0.25, 0.3) is 0 Å². The van der Waals surface area contributed by atoms with Crippen molar-refractivity contribution >= 4 is 15.9 Å². The molecule has 0 radical (unpaired) electrons. The number of rotatable bonds is 3. The van der Waals surface area contributed by atoms with Gasteiger partial charge in [0.15, 0.2) is 5.82 Å². The van der Waals surface area contributed by atoms with Gasteiger partial charge in [0.2, 0.25) is 5.89 Å². The van der Waals surface area contributed by atoms with Crippen LogP contribution in [0.15, 0.2) is 33.3 Å². The number of halogens is 1. The fourth-order valence-electron chi connectivity index (χ4n) is 2.21. The second-order valence-corrected chi connectivity index (χ2v) is 5.42. The lowest BCUT2D eigenvalue weighted by Gasteiger charge is -2.01. The van der Waals surface area contributed by atoms with Crippen LogP contribution in [0.5, 0.6) is 0 Å². The monoisotopic (exact) mass is 307 g/mol. The van der Waals surface area contributed by atoms with Crippen LogP contribution >= 0.6 is 15.9 Å². The summed E-state index contributed by atoms with van der Waals surface area (Å²) in [6.07, 6.45) is 2.95. The SMILES string of the molecule is Brc1cccc(Cc2nc(C3CCCN3)no2)c1. The minimum Gasteiger partial charge on any atom is -0.339 e. The molecule has 1 aliphatic rings. The molecule has 0 saturated carbocycles. The molecule has 1 unspecified atom stereocenters. The first kappa shape index (κ1) is 11.9. The van der Waals surface area contributed by atoms with Gasteiger partial charge in [-0.05, 0) is 37.1 Å². The van der Waals surface area contributed by atoms with E-state index in [1.807, 2.05) is 12.1 Å². The van der Waals surface area contributed by atoms with Crippen molar-refractivity contribution < 1.29 is 4.52 Å². The number of nitrogens with zero attached hydrogens (tertiary/aromatic N) is 2. The number of hydrogen-bond acceptors (Lipinski definition) is 4. The van der Waals surface area contributed by atoms with E-state index < -0.39 is 0 Å². The summed E-state index contributed by atoms with van der Waals surface area (Å²) in [6.45, 7) is 1.04. The average Bonchev–Trinajstić information content (AvgIpc) is 2.98. The van der Waals surface area contributed by atoms with E-state index in [2.05, 4.69) is 43.5 Å². The fraction of sp³-hybridized carbons (Fsp3) is 0.385. The van der Waals surface area contributed by atoms with Crippen molar-refractivity contribution in [1.29, 1.82) is 0 Å². The first-order chi connectivity index (χ1) is 8.81. The second kappa shape index (κ2) is 5.20. The molecule has 0 spiro atoms. The fourth-order valence-corrected chi connectivity index (χ4v) is 2.65. The van der Waals surface area contributed by atoms with E-state index in [-0.39, 0.29) is 6.04 Å². The zero-order valence-electron chi connectivity index (χ0n) is 9.90. The van der Waals surface area contributed by atoms with Crippen LogP contribution in [0.2, 0.25) is 0 Å². The molecule has 1 saturated heterocycles. The van der Waals surface area contributed by atoms with Gasteiger partial charge in [0.1, 0.15) is 0 Å². The summed E-state index contributed by atoms with van der Waals surface area (Å²) in [7, 11) is 0. The quantitative estimate of drug-likeness (QED) is 0.947. The lowest BCUT2D eigenvalue weighted by molar-refractivity contribution is 0.373. The van der Waals surface area contributed by atoms with Gasteiger partial charge in [-0.25, -0.2) is 0 Å². The first-order valence-corrected chi connectivity index (χ1v) is 6.91. The van der Waals surface area contributed by atoms with Crippen molar-refractivity contribution in [3.63, 3.8) is 0 Å². The Balaban J connectivity index is 1.73. The molecule has 5 heteroatoms. The molecule has 1 aromatic carbocycles. The van der Waals surface area contributed by atoms with Crippen molar-refractivity contribution in [3.8, 4) is 0 Å². The Morgan fingerprint density at radius 1 is 1.44 bits per heavy atom. The molecule has 1 atom stereocenters. The summed E-state index contributed by atoms with van der Waals surface area (Å²) >= 11 is 3.46. The van der Waals surface area contributed by atoms with Crippen molar-refractivity contribution in [2.75, 3.05) is 6.54 Å². The Bertz CT molecular complexity index is 535. The molecule has 4 nitrogen and oxygen atoms in total. The Morgan fingerprint density at radius 2 is 2.39 bits per heavy atom. The third kappa shape index (κ3) is 2.62. The molecule has 2 heterocycles. The van der Waals surface area contributed by atoms with E-state index in [4.69, 9.17) is 4.52 Å². The third-order valence-electron chi connectivity index (χ3n) is 3.10. The Morgan fingerprint density at radius 3 is 3.17 bits per heavy atom. The molecule has 18 heavy (non-hydrogen) atoms. The molecule has 1 aliphatic heterocycles.